The van der Waals surface area contributed by atoms with Crippen molar-refractivity contribution >= 4 is 17.5 Å². The third-order valence-corrected chi connectivity index (χ3v) is 3.70. The van der Waals surface area contributed by atoms with Gasteiger partial charge in [-0.15, -0.1) is 11.6 Å². The van der Waals surface area contributed by atoms with Crippen LogP contribution in [0.4, 0.5) is 0 Å². The highest BCUT2D eigenvalue weighted by Crippen LogP contribution is 2.08. The summed E-state index contributed by atoms with van der Waals surface area (Å²) in [5.41, 5.74) is 2.59. The number of nitrogens with zero attached hydrogens (tertiary/aromatic N) is 2. The maximum Gasteiger partial charge on any atom is 0.255 e. The molecule has 106 valence electrons. The van der Waals surface area contributed by atoms with Gasteiger partial charge in [0, 0.05) is 24.7 Å². The number of carbonyl (C=O) groups excluding carboxylic acids is 1. The summed E-state index contributed by atoms with van der Waals surface area (Å²) in [6.45, 7) is 1.87. The molecule has 1 N–H and O–H groups in total. The molecule has 1 heterocycles. The second-order valence-corrected chi connectivity index (χ2v) is 5.09. The first-order valence-corrected chi connectivity index (χ1v) is 7.04. The lowest BCUT2D eigenvalue weighted by Gasteiger charge is -2.16. The minimum absolute atomic E-state index is 0.0915. The van der Waals surface area contributed by atoms with Crippen LogP contribution >= 0.6 is 11.6 Å². The van der Waals surface area contributed by atoms with Crippen LogP contribution in [0.5, 0.6) is 0 Å². The van der Waals surface area contributed by atoms with E-state index >= 15 is 0 Å². The maximum atomic E-state index is 12.2. The monoisotopic (exact) mass is 291 g/mol. The molecule has 0 fully saturated rings. The first kappa shape index (κ1) is 14.6. The van der Waals surface area contributed by atoms with Gasteiger partial charge in [-0.3, -0.25) is 9.48 Å². The molecular formula is C15H18ClN3O. The number of hydrogen-bond donors (Lipinski definition) is 1. The van der Waals surface area contributed by atoms with E-state index in [2.05, 4.69) is 10.4 Å². The normalized spacial score (nSPS) is 12.2. The highest BCUT2D eigenvalue weighted by atomic mass is 35.5. The van der Waals surface area contributed by atoms with Crippen molar-refractivity contribution in [3.63, 3.8) is 0 Å². The highest BCUT2D eigenvalue weighted by Gasteiger charge is 2.17. The SMILES string of the molecule is Cc1c(C(=O)NC(CCl)Cc2ccccc2)cnn1C. The van der Waals surface area contributed by atoms with Crippen molar-refractivity contribution < 1.29 is 4.79 Å². The zero-order valence-corrected chi connectivity index (χ0v) is 12.4. The zero-order chi connectivity index (χ0) is 14.5. The predicted octanol–water partition coefficient (Wildman–Crippen LogP) is 2.31. The minimum atomic E-state index is -0.128. The molecule has 0 aliphatic rings. The molecule has 1 aromatic carbocycles. The largest absolute Gasteiger partial charge is 0.348 e. The van der Waals surface area contributed by atoms with Crippen LogP contribution < -0.4 is 5.32 Å². The molecule has 0 saturated carbocycles. The lowest BCUT2D eigenvalue weighted by Crippen LogP contribution is -2.38. The molecule has 5 heteroatoms. The van der Waals surface area contributed by atoms with Crippen LogP contribution in [0.15, 0.2) is 36.5 Å². The molecule has 0 aliphatic heterocycles. The van der Waals surface area contributed by atoms with E-state index in [9.17, 15) is 4.79 Å². The number of aromatic nitrogens is 2. The van der Waals surface area contributed by atoms with Crippen LogP contribution in [0.2, 0.25) is 0 Å². The van der Waals surface area contributed by atoms with Crippen molar-refractivity contribution in [1.29, 1.82) is 0 Å². The van der Waals surface area contributed by atoms with Crippen LogP contribution in [-0.4, -0.2) is 27.6 Å². The van der Waals surface area contributed by atoms with E-state index in [0.717, 1.165) is 17.7 Å². The second kappa shape index (κ2) is 6.57. The fourth-order valence-electron chi connectivity index (χ4n) is 2.03. The van der Waals surface area contributed by atoms with Gasteiger partial charge in [-0.2, -0.15) is 5.10 Å². The summed E-state index contributed by atoms with van der Waals surface area (Å²) in [7, 11) is 1.81. The standard InChI is InChI=1S/C15H18ClN3O/c1-11-14(10-17-19(11)2)15(20)18-13(9-16)8-12-6-4-3-5-7-12/h3-7,10,13H,8-9H2,1-2H3,(H,18,20). The molecule has 0 radical (unpaired) electrons. The van der Waals surface area contributed by atoms with Gasteiger partial charge < -0.3 is 5.32 Å². The van der Waals surface area contributed by atoms with Crippen molar-refractivity contribution in [2.45, 2.75) is 19.4 Å². The van der Waals surface area contributed by atoms with Crippen LogP contribution in [0.3, 0.4) is 0 Å². The van der Waals surface area contributed by atoms with E-state index in [-0.39, 0.29) is 11.9 Å². The molecule has 0 saturated heterocycles. The summed E-state index contributed by atoms with van der Waals surface area (Å²) in [5, 5.41) is 7.04. The lowest BCUT2D eigenvalue weighted by atomic mass is 10.1. The number of aryl methyl sites for hydroxylation is 1. The Kier molecular flexibility index (Phi) is 4.79. The molecule has 2 rings (SSSR count). The molecule has 4 nitrogen and oxygen atoms in total. The number of rotatable bonds is 5. The smallest absolute Gasteiger partial charge is 0.255 e. The second-order valence-electron chi connectivity index (χ2n) is 4.78. The van der Waals surface area contributed by atoms with E-state index in [0.29, 0.717) is 11.4 Å². The molecule has 2 aromatic rings. The first-order chi connectivity index (χ1) is 9.61. The molecule has 0 bridgehead atoms. The maximum absolute atomic E-state index is 12.2. The fourth-order valence-corrected chi connectivity index (χ4v) is 2.21. The Hall–Kier alpha value is -1.81. The van der Waals surface area contributed by atoms with Crippen molar-refractivity contribution in [2.75, 3.05) is 5.88 Å². The Morgan fingerprint density at radius 1 is 1.40 bits per heavy atom. The van der Waals surface area contributed by atoms with E-state index in [1.54, 1.807) is 10.9 Å². The van der Waals surface area contributed by atoms with Crippen LogP contribution in [0.1, 0.15) is 21.6 Å². The summed E-state index contributed by atoms with van der Waals surface area (Å²) in [6, 6.07) is 9.89. The number of carbonyl (C=O) groups is 1. The van der Waals surface area contributed by atoms with Crippen molar-refractivity contribution in [1.82, 2.24) is 15.1 Å². The summed E-state index contributed by atoms with van der Waals surface area (Å²) in [4.78, 5) is 12.2. The van der Waals surface area contributed by atoms with E-state index < -0.39 is 0 Å². The summed E-state index contributed by atoms with van der Waals surface area (Å²) < 4.78 is 1.68. The molecule has 1 amide bonds. The Bertz CT molecular complexity index is 580. The third-order valence-electron chi connectivity index (χ3n) is 3.33. The van der Waals surface area contributed by atoms with Gasteiger partial charge in [0.25, 0.3) is 5.91 Å². The van der Waals surface area contributed by atoms with Crippen molar-refractivity contribution in [3.05, 3.63) is 53.3 Å². The van der Waals surface area contributed by atoms with Crippen LogP contribution in [0.25, 0.3) is 0 Å². The number of nitrogens with one attached hydrogen (secondary N) is 1. The molecule has 20 heavy (non-hydrogen) atoms. The van der Waals surface area contributed by atoms with Gasteiger partial charge in [0.1, 0.15) is 0 Å². The number of hydrogen-bond acceptors (Lipinski definition) is 2. The molecule has 0 aliphatic carbocycles. The highest BCUT2D eigenvalue weighted by molar-refractivity contribution is 6.18. The number of benzene rings is 1. The molecule has 1 aromatic heterocycles. The Labute approximate surface area is 123 Å². The van der Waals surface area contributed by atoms with Gasteiger partial charge in [-0.25, -0.2) is 0 Å². The van der Waals surface area contributed by atoms with E-state index in [1.165, 1.54) is 0 Å². The minimum Gasteiger partial charge on any atom is -0.348 e. The number of alkyl halides is 1. The summed E-state index contributed by atoms with van der Waals surface area (Å²) >= 11 is 5.96. The van der Waals surface area contributed by atoms with Gasteiger partial charge in [0.05, 0.1) is 11.8 Å². The predicted molar refractivity (Wildman–Crippen MR) is 80.1 cm³/mol. The number of halogens is 1. The topological polar surface area (TPSA) is 46.9 Å². The van der Waals surface area contributed by atoms with Gasteiger partial charge in [-0.05, 0) is 18.9 Å². The summed E-state index contributed by atoms with van der Waals surface area (Å²) in [5.74, 6) is 0.247. The van der Waals surface area contributed by atoms with Crippen molar-refractivity contribution in [3.8, 4) is 0 Å². The third kappa shape index (κ3) is 3.39. The van der Waals surface area contributed by atoms with Gasteiger partial charge in [-0.1, -0.05) is 30.3 Å². The Morgan fingerprint density at radius 3 is 2.65 bits per heavy atom. The quantitative estimate of drug-likeness (QED) is 0.859. The summed E-state index contributed by atoms with van der Waals surface area (Å²) in [6.07, 6.45) is 2.30. The van der Waals surface area contributed by atoms with Gasteiger partial charge in [0.15, 0.2) is 0 Å². The fraction of sp³-hybridized carbons (Fsp3) is 0.333. The Balaban J connectivity index is 2.03. The Morgan fingerprint density at radius 2 is 2.10 bits per heavy atom. The first-order valence-electron chi connectivity index (χ1n) is 6.51. The molecule has 0 spiro atoms. The van der Waals surface area contributed by atoms with E-state index in [1.807, 2.05) is 44.3 Å². The molecular weight excluding hydrogens is 274 g/mol. The zero-order valence-electron chi connectivity index (χ0n) is 11.6. The number of amides is 1. The van der Waals surface area contributed by atoms with Gasteiger partial charge in [0.2, 0.25) is 0 Å². The van der Waals surface area contributed by atoms with Gasteiger partial charge >= 0.3 is 0 Å². The van der Waals surface area contributed by atoms with Crippen LogP contribution in [0, 0.1) is 6.92 Å². The average molecular weight is 292 g/mol. The lowest BCUT2D eigenvalue weighted by molar-refractivity contribution is 0.0940. The van der Waals surface area contributed by atoms with Crippen LogP contribution in [-0.2, 0) is 13.5 Å². The average Bonchev–Trinajstić information content (AvgIpc) is 2.79. The molecule has 1 unspecified atom stereocenters. The van der Waals surface area contributed by atoms with E-state index in [4.69, 9.17) is 11.6 Å². The molecule has 1 atom stereocenters. The van der Waals surface area contributed by atoms with Crippen molar-refractivity contribution in [2.24, 2.45) is 7.05 Å².